The maximum atomic E-state index is 12.3. The Bertz CT molecular complexity index is 1090. The van der Waals surface area contributed by atoms with Crippen molar-refractivity contribution in [2.24, 2.45) is 0 Å². The van der Waals surface area contributed by atoms with E-state index in [9.17, 15) is 38.7 Å². The molecule has 1 amide bonds. The molecule has 0 spiro atoms. The Morgan fingerprint density at radius 2 is 0.977 bits per heavy atom. The molecule has 0 saturated carbocycles. The Morgan fingerprint density at radius 1 is 0.568 bits per heavy atom. The fourth-order valence-corrected chi connectivity index (χ4v) is 4.60. The minimum Gasteiger partial charge on any atom is -0.463 e. The van der Waals surface area contributed by atoms with Gasteiger partial charge >= 0.3 is 35.8 Å². The topological polar surface area (TPSA) is 235 Å². The molecule has 2 saturated heterocycles. The first-order chi connectivity index (χ1) is 20.5. The van der Waals surface area contributed by atoms with Gasteiger partial charge in [0.25, 0.3) is 0 Å². The molecule has 18 nitrogen and oxygen atoms in total. The highest BCUT2D eigenvalue weighted by Gasteiger charge is 2.56. The number of hydrogen-bond acceptors (Lipinski definition) is 17. The fraction of sp³-hybridized carbons (Fsp3) is 0.731. The first-order valence-electron chi connectivity index (χ1n) is 13.4. The standard InChI is InChI=1S/C26H37NO17/c1-10(28)27-19-22(40-15(6)33)20(38-13(4)31)18(9-37-12(3)30)43-26(19)44-23-21(39-14(5)32)17(8-36-11(2)29)42-25(35)24(23)41-16(7)34/h17-26,35H,8-9H2,1-7H3,(H,27,28)/t17?,18?,19?,20-,21-,22-,23+,24?,25+,26+/m1/s1. The van der Waals surface area contributed by atoms with Crippen LogP contribution in [0.2, 0.25) is 0 Å². The number of hydrogen-bond donors (Lipinski definition) is 2. The van der Waals surface area contributed by atoms with Crippen LogP contribution in [0.1, 0.15) is 48.5 Å². The molecule has 0 aliphatic carbocycles. The van der Waals surface area contributed by atoms with Crippen LogP contribution in [0, 0.1) is 0 Å². The van der Waals surface area contributed by atoms with Gasteiger partial charge < -0.3 is 53.1 Å². The van der Waals surface area contributed by atoms with E-state index in [1.807, 2.05) is 0 Å². The van der Waals surface area contributed by atoms with E-state index in [0.717, 1.165) is 48.5 Å². The Morgan fingerprint density at radius 3 is 1.41 bits per heavy atom. The van der Waals surface area contributed by atoms with Gasteiger partial charge in [-0.05, 0) is 0 Å². The summed E-state index contributed by atoms with van der Waals surface area (Å²) in [5.74, 6) is -5.65. The summed E-state index contributed by atoms with van der Waals surface area (Å²) < 4.78 is 49.0. The quantitative estimate of drug-likeness (QED) is 0.188. The predicted octanol–water partition coefficient (Wildman–Crippen LogP) is -1.83. The minimum absolute atomic E-state index is 0.544. The predicted molar refractivity (Wildman–Crippen MR) is 138 cm³/mol. The number of ether oxygens (including phenoxy) is 9. The van der Waals surface area contributed by atoms with Crippen LogP contribution in [-0.4, -0.2) is 121 Å². The van der Waals surface area contributed by atoms with Crippen LogP contribution in [0.15, 0.2) is 0 Å². The molecular weight excluding hydrogens is 598 g/mol. The van der Waals surface area contributed by atoms with Crippen molar-refractivity contribution in [2.45, 2.75) is 110 Å². The lowest BCUT2D eigenvalue weighted by Crippen LogP contribution is -2.69. The highest BCUT2D eigenvalue weighted by molar-refractivity contribution is 5.74. The van der Waals surface area contributed by atoms with E-state index in [1.54, 1.807) is 0 Å². The van der Waals surface area contributed by atoms with E-state index in [2.05, 4.69) is 5.32 Å². The van der Waals surface area contributed by atoms with Gasteiger partial charge in [0, 0.05) is 48.5 Å². The van der Waals surface area contributed by atoms with Gasteiger partial charge in [-0.2, -0.15) is 0 Å². The van der Waals surface area contributed by atoms with E-state index in [0.29, 0.717) is 0 Å². The van der Waals surface area contributed by atoms with E-state index in [4.69, 9.17) is 42.6 Å². The molecule has 0 aromatic rings. The largest absolute Gasteiger partial charge is 0.463 e. The number of aliphatic hydroxyl groups is 1. The number of esters is 6. The zero-order valence-corrected chi connectivity index (χ0v) is 25.2. The van der Waals surface area contributed by atoms with Gasteiger partial charge in [-0.1, -0.05) is 0 Å². The Hall–Kier alpha value is -3.87. The lowest BCUT2D eigenvalue weighted by molar-refractivity contribution is -0.344. The van der Waals surface area contributed by atoms with Crippen molar-refractivity contribution >= 4 is 41.7 Å². The second kappa shape index (κ2) is 16.3. The molecule has 18 heteroatoms. The normalized spacial score (nSPS) is 31.5. The minimum atomic E-state index is -1.92. The zero-order valence-electron chi connectivity index (χ0n) is 25.2. The van der Waals surface area contributed by atoms with Crippen molar-refractivity contribution in [3.63, 3.8) is 0 Å². The third-order valence-electron chi connectivity index (χ3n) is 6.03. The molecule has 44 heavy (non-hydrogen) atoms. The number of rotatable bonds is 11. The highest BCUT2D eigenvalue weighted by Crippen LogP contribution is 2.33. The molecule has 0 aromatic carbocycles. The summed E-state index contributed by atoms with van der Waals surface area (Å²) in [7, 11) is 0. The molecule has 0 bridgehead atoms. The van der Waals surface area contributed by atoms with E-state index in [-0.39, 0.29) is 0 Å². The molecule has 2 rings (SSSR count). The summed E-state index contributed by atoms with van der Waals surface area (Å²) in [4.78, 5) is 83.7. The van der Waals surface area contributed by atoms with Gasteiger partial charge in [-0.25, -0.2) is 0 Å². The Labute approximate surface area is 251 Å². The fourth-order valence-electron chi connectivity index (χ4n) is 4.60. The lowest BCUT2D eigenvalue weighted by atomic mass is 9.94. The van der Waals surface area contributed by atoms with Crippen LogP contribution >= 0.6 is 0 Å². The van der Waals surface area contributed by atoms with Crippen molar-refractivity contribution < 1.29 is 81.3 Å². The van der Waals surface area contributed by atoms with Crippen molar-refractivity contribution in [3.8, 4) is 0 Å². The average molecular weight is 636 g/mol. The van der Waals surface area contributed by atoms with E-state index < -0.39 is 116 Å². The van der Waals surface area contributed by atoms with Crippen molar-refractivity contribution in [2.75, 3.05) is 13.2 Å². The summed E-state index contributed by atoms with van der Waals surface area (Å²) in [6.45, 7) is 6.38. The number of aliphatic hydroxyl groups excluding tert-OH is 1. The third kappa shape index (κ3) is 10.7. The zero-order chi connectivity index (χ0) is 33.3. The smallest absolute Gasteiger partial charge is 0.303 e. The second-order valence-electron chi connectivity index (χ2n) is 9.84. The molecule has 2 fully saturated rings. The summed E-state index contributed by atoms with van der Waals surface area (Å²) in [5.41, 5.74) is 0. The summed E-state index contributed by atoms with van der Waals surface area (Å²) >= 11 is 0. The number of carbonyl (C=O) groups excluding carboxylic acids is 7. The molecule has 2 N–H and O–H groups in total. The van der Waals surface area contributed by atoms with Crippen LogP contribution in [0.5, 0.6) is 0 Å². The second-order valence-corrected chi connectivity index (χ2v) is 9.84. The first-order valence-corrected chi connectivity index (χ1v) is 13.4. The molecule has 2 heterocycles. The maximum Gasteiger partial charge on any atom is 0.303 e. The molecule has 10 atom stereocenters. The molecule has 2 aliphatic rings. The van der Waals surface area contributed by atoms with Gasteiger partial charge in [-0.15, -0.1) is 0 Å². The number of carbonyl (C=O) groups is 7. The summed E-state index contributed by atoms with van der Waals surface area (Å²) in [6, 6.07) is -1.46. The maximum absolute atomic E-state index is 12.3. The van der Waals surface area contributed by atoms with Gasteiger partial charge in [0.05, 0.1) is 0 Å². The highest BCUT2D eigenvalue weighted by atomic mass is 16.7. The number of amides is 1. The van der Waals surface area contributed by atoms with Gasteiger partial charge in [0.2, 0.25) is 5.91 Å². The van der Waals surface area contributed by atoms with Gasteiger partial charge in [0.15, 0.2) is 37.0 Å². The van der Waals surface area contributed by atoms with Crippen LogP contribution in [0.3, 0.4) is 0 Å². The molecule has 2 aliphatic heterocycles. The summed E-state index contributed by atoms with van der Waals surface area (Å²) in [5, 5.41) is 13.3. The van der Waals surface area contributed by atoms with Crippen LogP contribution in [-0.2, 0) is 76.2 Å². The third-order valence-corrected chi connectivity index (χ3v) is 6.03. The van der Waals surface area contributed by atoms with Crippen molar-refractivity contribution in [3.05, 3.63) is 0 Å². The average Bonchev–Trinajstić information content (AvgIpc) is 2.87. The van der Waals surface area contributed by atoms with Crippen LogP contribution in [0.4, 0.5) is 0 Å². The van der Waals surface area contributed by atoms with Crippen LogP contribution in [0.25, 0.3) is 0 Å². The first kappa shape index (κ1) is 36.3. The van der Waals surface area contributed by atoms with Gasteiger partial charge in [-0.3, -0.25) is 33.6 Å². The monoisotopic (exact) mass is 635 g/mol. The Kier molecular flexibility index (Phi) is 13.4. The molecule has 0 aromatic heterocycles. The van der Waals surface area contributed by atoms with E-state index in [1.165, 1.54) is 0 Å². The Balaban J connectivity index is 2.66. The summed E-state index contributed by atoms with van der Waals surface area (Å²) in [6.07, 6.45) is -14.2. The molecule has 0 radical (unpaired) electrons. The number of nitrogens with one attached hydrogen (secondary N) is 1. The van der Waals surface area contributed by atoms with Crippen molar-refractivity contribution in [1.82, 2.24) is 5.32 Å². The van der Waals surface area contributed by atoms with Gasteiger partial charge in [0.1, 0.15) is 37.6 Å². The lowest BCUT2D eigenvalue weighted by Gasteiger charge is -2.48. The SMILES string of the molecule is CC(=O)NC1[C@H](O[C@@H]2C(OC(C)=O)[C@@H](O)OC(COC(C)=O)[C@H]2OC(C)=O)OC(COC(C)=O)[C@@H](OC(C)=O)[C@@H]1OC(C)=O. The van der Waals surface area contributed by atoms with Crippen LogP contribution < -0.4 is 5.32 Å². The molecule has 4 unspecified atom stereocenters. The molecular formula is C26H37NO17. The van der Waals surface area contributed by atoms with Crippen molar-refractivity contribution in [1.29, 1.82) is 0 Å². The molecule has 248 valence electrons. The van der Waals surface area contributed by atoms with E-state index >= 15 is 0 Å².